The molecule has 1 heteroatoms. The number of aryl methyl sites for hydroxylation is 1. The van der Waals surface area contributed by atoms with Crippen molar-refractivity contribution in [3.05, 3.63) is 35.4 Å². The molecule has 0 heterocycles. The molecule has 0 bridgehead atoms. The van der Waals surface area contributed by atoms with Crippen LogP contribution >= 0.6 is 0 Å². The Morgan fingerprint density at radius 2 is 2.17 bits per heavy atom. The highest BCUT2D eigenvalue weighted by Gasteiger charge is 2.02. The Bertz CT molecular complexity index is 243. The molecular formula is C11H17N. The molecule has 12 heavy (non-hydrogen) atoms. The summed E-state index contributed by atoms with van der Waals surface area (Å²) in [6, 6.07) is 8.67. The minimum Gasteiger partial charge on any atom is -0.330 e. The molecule has 2 N–H and O–H groups in total. The van der Waals surface area contributed by atoms with E-state index in [0.29, 0.717) is 5.92 Å². The van der Waals surface area contributed by atoms with Crippen LogP contribution in [-0.2, 0) is 6.42 Å². The van der Waals surface area contributed by atoms with Crippen molar-refractivity contribution in [1.82, 2.24) is 0 Å². The first-order valence-electron chi connectivity index (χ1n) is 4.56. The quantitative estimate of drug-likeness (QED) is 0.727. The lowest BCUT2D eigenvalue weighted by atomic mass is 9.99. The minimum absolute atomic E-state index is 0.483. The van der Waals surface area contributed by atoms with Gasteiger partial charge in [0.15, 0.2) is 0 Å². The maximum absolute atomic E-state index is 5.60. The Morgan fingerprint density at radius 3 is 2.75 bits per heavy atom. The number of nitrogens with two attached hydrogens (primary N) is 1. The zero-order valence-electron chi connectivity index (χ0n) is 7.88. The van der Waals surface area contributed by atoms with Crippen molar-refractivity contribution in [2.45, 2.75) is 26.2 Å². The second-order valence-corrected chi connectivity index (χ2v) is 3.24. The Labute approximate surface area is 74.6 Å². The predicted molar refractivity (Wildman–Crippen MR) is 53.3 cm³/mol. The Hall–Kier alpha value is -0.820. The van der Waals surface area contributed by atoms with E-state index in [4.69, 9.17) is 5.73 Å². The summed E-state index contributed by atoms with van der Waals surface area (Å²) in [5, 5.41) is 0. The molecule has 0 saturated carbocycles. The van der Waals surface area contributed by atoms with Crippen LogP contribution in [0.2, 0.25) is 0 Å². The smallest absolute Gasteiger partial charge is 0.00109 e. The van der Waals surface area contributed by atoms with Crippen LogP contribution in [-0.4, -0.2) is 6.54 Å². The molecule has 1 nitrogen and oxygen atoms in total. The number of hydrogen-bond donors (Lipinski definition) is 1. The summed E-state index contributed by atoms with van der Waals surface area (Å²) in [5.41, 5.74) is 8.35. The largest absolute Gasteiger partial charge is 0.330 e. The van der Waals surface area contributed by atoms with Gasteiger partial charge in [0.25, 0.3) is 0 Å². The molecule has 0 aliphatic heterocycles. The zero-order valence-corrected chi connectivity index (χ0v) is 7.88. The minimum atomic E-state index is 0.483. The van der Waals surface area contributed by atoms with E-state index < -0.39 is 0 Å². The summed E-state index contributed by atoms with van der Waals surface area (Å²) in [4.78, 5) is 0. The van der Waals surface area contributed by atoms with E-state index in [0.717, 1.165) is 13.0 Å². The van der Waals surface area contributed by atoms with Crippen LogP contribution in [0.3, 0.4) is 0 Å². The lowest BCUT2D eigenvalue weighted by molar-refractivity contribution is 0.772. The molecule has 1 rings (SSSR count). The molecule has 0 aromatic heterocycles. The monoisotopic (exact) mass is 163 g/mol. The van der Waals surface area contributed by atoms with Gasteiger partial charge in [0, 0.05) is 0 Å². The van der Waals surface area contributed by atoms with E-state index in [1.165, 1.54) is 11.1 Å². The molecule has 1 aromatic rings. The second-order valence-electron chi connectivity index (χ2n) is 3.24. The fourth-order valence-electron chi connectivity index (χ4n) is 1.26. The third kappa shape index (κ3) is 2.08. The van der Waals surface area contributed by atoms with E-state index in [1.54, 1.807) is 0 Å². The number of rotatable bonds is 3. The first-order chi connectivity index (χ1) is 5.77. The SMILES string of the molecule is CCc1cccc([C@@H](C)CN)c1. The van der Waals surface area contributed by atoms with Crippen LogP contribution in [0, 0.1) is 0 Å². The van der Waals surface area contributed by atoms with Gasteiger partial charge in [-0.3, -0.25) is 0 Å². The van der Waals surface area contributed by atoms with Gasteiger partial charge in [-0.05, 0) is 30.0 Å². The topological polar surface area (TPSA) is 26.0 Å². The van der Waals surface area contributed by atoms with Crippen molar-refractivity contribution >= 4 is 0 Å². The number of benzene rings is 1. The number of hydrogen-bond acceptors (Lipinski definition) is 1. The van der Waals surface area contributed by atoms with E-state index in [2.05, 4.69) is 38.1 Å². The van der Waals surface area contributed by atoms with Gasteiger partial charge in [0.1, 0.15) is 0 Å². The second kappa shape index (κ2) is 4.27. The van der Waals surface area contributed by atoms with Gasteiger partial charge in [0.2, 0.25) is 0 Å². The highest BCUT2D eigenvalue weighted by molar-refractivity contribution is 5.26. The van der Waals surface area contributed by atoms with E-state index in [-0.39, 0.29) is 0 Å². The van der Waals surface area contributed by atoms with Gasteiger partial charge in [-0.15, -0.1) is 0 Å². The molecule has 0 radical (unpaired) electrons. The molecule has 0 aliphatic carbocycles. The van der Waals surface area contributed by atoms with Crippen molar-refractivity contribution in [2.75, 3.05) is 6.54 Å². The lowest BCUT2D eigenvalue weighted by Crippen LogP contribution is -2.08. The van der Waals surface area contributed by atoms with Gasteiger partial charge in [-0.1, -0.05) is 38.1 Å². The van der Waals surface area contributed by atoms with Crippen LogP contribution in [0.15, 0.2) is 24.3 Å². The molecule has 0 unspecified atom stereocenters. The third-order valence-electron chi connectivity index (χ3n) is 2.28. The van der Waals surface area contributed by atoms with Crippen LogP contribution in [0.4, 0.5) is 0 Å². The molecule has 1 aromatic carbocycles. The molecule has 1 atom stereocenters. The van der Waals surface area contributed by atoms with Crippen molar-refractivity contribution in [1.29, 1.82) is 0 Å². The van der Waals surface area contributed by atoms with Crippen molar-refractivity contribution in [2.24, 2.45) is 5.73 Å². The Morgan fingerprint density at radius 1 is 1.42 bits per heavy atom. The van der Waals surface area contributed by atoms with E-state index in [1.807, 2.05) is 0 Å². The molecule has 0 spiro atoms. The first kappa shape index (κ1) is 9.27. The van der Waals surface area contributed by atoms with Crippen molar-refractivity contribution in [3.63, 3.8) is 0 Å². The van der Waals surface area contributed by atoms with Crippen molar-refractivity contribution in [3.8, 4) is 0 Å². The molecule has 0 amide bonds. The van der Waals surface area contributed by atoms with Gasteiger partial charge < -0.3 is 5.73 Å². The highest BCUT2D eigenvalue weighted by Crippen LogP contribution is 2.15. The normalized spacial score (nSPS) is 12.9. The van der Waals surface area contributed by atoms with Gasteiger partial charge in [-0.25, -0.2) is 0 Å². The van der Waals surface area contributed by atoms with Gasteiger partial charge in [0.05, 0.1) is 0 Å². The Kier molecular flexibility index (Phi) is 3.30. The lowest BCUT2D eigenvalue weighted by Gasteiger charge is -2.09. The van der Waals surface area contributed by atoms with Gasteiger partial charge >= 0.3 is 0 Å². The molecule has 66 valence electrons. The molecule has 0 saturated heterocycles. The summed E-state index contributed by atoms with van der Waals surface area (Å²) in [5.74, 6) is 0.483. The summed E-state index contributed by atoms with van der Waals surface area (Å²) < 4.78 is 0. The maximum atomic E-state index is 5.60. The van der Waals surface area contributed by atoms with E-state index in [9.17, 15) is 0 Å². The third-order valence-corrected chi connectivity index (χ3v) is 2.28. The fourth-order valence-corrected chi connectivity index (χ4v) is 1.26. The predicted octanol–water partition coefficient (Wildman–Crippen LogP) is 2.31. The summed E-state index contributed by atoms with van der Waals surface area (Å²) in [6.45, 7) is 5.06. The van der Waals surface area contributed by atoms with Crippen LogP contribution in [0.5, 0.6) is 0 Å². The van der Waals surface area contributed by atoms with Crippen molar-refractivity contribution < 1.29 is 0 Å². The maximum Gasteiger partial charge on any atom is -0.00109 e. The van der Waals surface area contributed by atoms with Crippen LogP contribution in [0.1, 0.15) is 30.9 Å². The molecular weight excluding hydrogens is 146 g/mol. The average Bonchev–Trinajstić information content (AvgIpc) is 2.17. The first-order valence-corrected chi connectivity index (χ1v) is 4.56. The summed E-state index contributed by atoms with van der Waals surface area (Å²) in [6.07, 6.45) is 1.10. The van der Waals surface area contributed by atoms with Gasteiger partial charge in [-0.2, -0.15) is 0 Å². The standard InChI is InChI=1S/C11H17N/c1-3-10-5-4-6-11(7-10)9(2)8-12/h4-7,9H,3,8,12H2,1-2H3/t9-/m0/s1. The summed E-state index contributed by atoms with van der Waals surface area (Å²) >= 11 is 0. The zero-order chi connectivity index (χ0) is 8.97. The molecule has 0 aliphatic rings. The van der Waals surface area contributed by atoms with Crippen LogP contribution < -0.4 is 5.73 Å². The highest BCUT2D eigenvalue weighted by atomic mass is 14.5. The van der Waals surface area contributed by atoms with E-state index >= 15 is 0 Å². The van der Waals surface area contributed by atoms with Crippen LogP contribution in [0.25, 0.3) is 0 Å². The Balaban J connectivity index is 2.86. The fraction of sp³-hybridized carbons (Fsp3) is 0.455. The molecule has 0 fully saturated rings. The average molecular weight is 163 g/mol. The summed E-state index contributed by atoms with van der Waals surface area (Å²) in [7, 11) is 0.